The minimum Gasteiger partial charge on any atom is -0.383 e. The van der Waals surface area contributed by atoms with Crippen LogP contribution in [0.3, 0.4) is 0 Å². The Morgan fingerprint density at radius 1 is 1.25 bits per heavy atom. The van der Waals surface area contributed by atoms with Gasteiger partial charge in [-0.25, -0.2) is 4.98 Å². The molecule has 146 valence electrons. The summed E-state index contributed by atoms with van der Waals surface area (Å²) in [6.07, 6.45) is 0. The summed E-state index contributed by atoms with van der Waals surface area (Å²) in [7, 11) is 1.58. The van der Waals surface area contributed by atoms with Crippen molar-refractivity contribution in [1.29, 1.82) is 0 Å². The SMILES string of the molecule is COCCNC(=O)CSc1nc2ccccc2c(=O)n1Cc1cccc(Cl)c1. The van der Waals surface area contributed by atoms with Gasteiger partial charge in [-0.2, -0.15) is 0 Å². The predicted molar refractivity (Wildman–Crippen MR) is 112 cm³/mol. The third-order valence-corrected chi connectivity index (χ3v) is 5.23. The molecule has 0 saturated heterocycles. The second kappa shape index (κ2) is 9.73. The molecule has 3 rings (SSSR count). The maximum absolute atomic E-state index is 13.1. The molecule has 0 atom stereocenters. The zero-order valence-electron chi connectivity index (χ0n) is 15.4. The average molecular weight is 418 g/mol. The number of nitrogens with one attached hydrogen (secondary N) is 1. The largest absolute Gasteiger partial charge is 0.383 e. The first-order valence-electron chi connectivity index (χ1n) is 8.71. The highest BCUT2D eigenvalue weighted by Gasteiger charge is 2.14. The molecule has 3 aromatic rings. The molecule has 0 bridgehead atoms. The van der Waals surface area contributed by atoms with Crippen molar-refractivity contribution in [2.24, 2.45) is 0 Å². The van der Waals surface area contributed by atoms with Crippen LogP contribution in [0.25, 0.3) is 10.9 Å². The first-order chi connectivity index (χ1) is 13.6. The highest BCUT2D eigenvalue weighted by Crippen LogP contribution is 2.20. The maximum Gasteiger partial charge on any atom is 0.262 e. The molecule has 0 aliphatic carbocycles. The van der Waals surface area contributed by atoms with Gasteiger partial charge in [0.1, 0.15) is 0 Å². The second-order valence-corrected chi connectivity index (χ2v) is 7.44. The Morgan fingerprint density at radius 3 is 2.86 bits per heavy atom. The van der Waals surface area contributed by atoms with Crippen molar-refractivity contribution >= 4 is 40.2 Å². The summed E-state index contributed by atoms with van der Waals surface area (Å²) in [4.78, 5) is 29.7. The van der Waals surface area contributed by atoms with Gasteiger partial charge in [-0.3, -0.25) is 14.2 Å². The standard InChI is InChI=1S/C20H20ClN3O3S/c1-27-10-9-22-18(25)13-28-20-23-17-8-3-2-7-16(17)19(26)24(20)12-14-5-4-6-15(21)11-14/h2-8,11H,9-10,12-13H2,1H3,(H,22,25). The van der Waals surface area contributed by atoms with Gasteiger partial charge < -0.3 is 10.1 Å². The molecule has 0 saturated carbocycles. The van der Waals surface area contributed by atoms with E-state index in [-0.39, 0.29) is 17.2 Å². The summed E-state index contributed by atoms with van der Waals surface area (Å²) in [6.45, 7) is 1.21. The van der Waals surface area contributed by atoms with Crippen molar-refractivity contribution in [1.82, 2.24) is 14.9 Å². The van der Waals surface area contributed by atoms with Gasteiger partial charge in [0.15, 0.2) is 5.16 Å². The van der Waals surface area contributed by atoms with Crippen molar-refractivity contribution in [3.8, 4) is 0 Å². The van der Waals surface area contributed by atoms with E-state index in [4.69, 9.17) is 16.3 Å². The Labute approximate surface area is 171 Å². The molecule has 1 N–H and O–H groups in total. The number of methoxy groups -OCH3 is 1. The van der Waals surface area contributed by atoms with Crippen molar-refractivity contribution in [3.63, 3.8) is 0 Å². The number of hydrogen-bond acceptors (Lipinski definition) is 5. The second-order valence-electron chi connectivity index (χ2n) is 6.06. The molecule has 1 amide bonds. The van der Waals surface area contributed by atoms with Crippen LogP contribution in [0.4, 0.5) is 0 Å². The lowest BCUT2D eigenvalue weighted by Gasteiger charge is -2.13. The van der Waals surface area contributed by atoms with Crippen LogP contribution < -0.4 is 10.9 Å². The minimum absolute atomic E-state index is 0.140. The minimum atomic E-state index is -0.145. The van der Waals surface area contributed by atoms with Crippen LogP contribution in [0.15, 0.2) is 58.5 Å². The zero-order chi connectivity index (χ0) is 19.9. The Kier molecular flexibility index (Phi) is 7.08. The fourth-order valence-electron chi connectivity index (χ4n) is 2.69. The fourth-order valence-corrected chi connectivity index (χ4v) is 3.73. The van der Waals surface area contributed by atoms with E-state index in [1.807, 2.05) is 30.3 Å². The highest BCUT2D eigenvalue weighted by molar-refractivity contribution is 7.99. The lowest BCUT2D eigenvalue weighted by molar-refractivity contribution is -0.118. The Hall–Kier alpha value is -2.35. The summed E-state index contributed by atoms with van der Waals surface area (Å²) < 4.78 is 6.51. The number of fused-ring (bicyclic) bond motifs is 1. The third kappa shape index (κ3) is 5.13. The maximum atomic E-state index is 13.1. The van der Waals surface area contributed by atoms with Crippen molar-refractivity contribution in [2.45, 2.75) is 11.7 Å². The van der Waals surface area contributed by atoms with E-state index in [2.05, 4.69) is 10.3 Å². The van der Waals surface area contributed by atoms with Crippen molar-refractivity contribution < 1.29 is 9.53 Å². The molecule has 0 fully saturated rings. The van der Waals surface area contributed by atoms with Crippen molar-refractivity contribution in [3.05, 3.63) is 69.5 Å². The van der Waals surface area contributed by atoms with Crippen LogP contribution in [-0.2, 0) is 16.1 Å². The Bertz CT molecular complexity index is 1040. The van der Waals surface area contributed by atoms with Gasteiger partial charge in [0.05, 0.1) is 29.8 Å². The van der Waals surface area contributed by atoms with Crippen molar-refractivity contribution in [2.75, 3.05) is 26.0 Å². The zero-order valence-corrected chi connectivity index (χ0v) is 16.9. The number of nitrogens with zero attached hydrogens (tertiary/aromatic N) is 2. The van der Waals surface area contributed by atoms with E-state index in [1.54, 1.807) is 29.9 Å². The molecular weight excluding hydrogens is 398 g/mol. The van der Waals surface area contributed by atoms with E-state index in [9.17, 15) is 9.59 Å². The van der Waals surface area contributed by atoms with Crippen LogP contribution in [0, 0.1) is 0 Å². The number of halogens is 1. The molecule has 6 nitrogen and oxygen atoms in total. The number of thioether (sulfide) groups is 1. The van der Waals surface area contributed by atoms with Crippen LogP contribution in [0.5, 0.6) is 0 Å². The molecule has 0 unspecified atom stereocenters. The molecule has 1 aromatic heterocycles. The number of benzene rings is 2. The van der Waals surface area contributed by atoms with Gasteiger partial charge in [-0.05, 0) is 29.8 Å². The van der Waals surface area contributed by atoms with Gasteiger partial charge in [0, 0.05) is 18.7 Å². The molecular formula is C20H20ClN3O3S. The van der Waals surface area contributed by atoms with Gasteiger partial charge in [-0.15, -0.1) is 0 Å². The number of rotatable bonds is 8. The summed E-state index contributed by atoms with van der Waals surface area (Å²) in [5, 5.41) is 4.40. The number of ether oxygens (including phenoxy) is 1. The van der Waals surface area contributed by atoms with E-state index in [1.165, 1.54) is 11.8 Å². The monoisotopic (exact) mass is 417 g/mol. The van der Waals surface area contributed by atoms with E-state index < -0.39 is 0 Å². The van der Waals surface area contributed by atoms with Gasteiger partial charge in [0.25, 0.3) is 5.56 Å². The van der Waals surface area contributed by atoms with Crippen LogP contribution >= 0.6 is 23.4 Å². The summed E-state index contributed by atoms with van der Waals surface area (Å²) >= 11 is 7.31. The number of hydrogen-bond donors (Lipinski definition) is 1. The van der Waals surface area contributed by atoms with Crippen LogP contribution in [0.2, 0.25) is 5.02 Å². The third-order valence-electron chi connectivity index (χ3n) is 4.02. The molecule has 0 spiro atoms. The number of aromatic nitrogens is 2. The fraction of sp³-hybridized carbons (Fsp3) is 0.250. The van der Waals surface area contributed by atoms with Gasteiger partial charge >= 0.3 is 0 Å². The van der Waals surface area contributed by atoms with E-state index in [0.717, 1.165) is 5.56 Å². The first-order valence-corrected chi connectivity index (χ1v) is 10.1. The molecule has 28 heavy (non-hydrogen) atoms. The molecule has 8 heteroatoms. The quantitative estimate of drug-likeness (QED) is 0.346. The molecule has 0 radical (unpaired) electrons. The average Bonchev–Trinajstić information content (AvgIpc) is 2.69. The van der Waals surface area contributed by atoms with E-state index in [0.29, 0.717) is 40.8 Å². The van der Waals surface area contributed by atoms with Gasteiger partial charge in [-0.1, -0.05) is 47.6 Å². The number of amides is 1. The van der Waals surface area contributed by atoms with Gasteiger partial charge in [0.2, 0.25) is 5.91 Å². The lowest BCUT2D eigenvalue weighted by atomic mass is 10.2. The van der Waals surface area contributed by atoms with E-state index >= 15 is 0 Å². The number of para-hydroxylation sites is 1. The molecule has 0 aliphatic rings. The molecule has 2 aromatic carbocycles. The number of carbonyl (C=O) groups excluding carboxylic acids is 1. The first kappa shape index (κ1) is 20.4. The normalized spacial score (nSPS) is 10.9. The number of carbonyl (C=O) groups is 1. The highest BCUT2D eigenvalue weighted by atomic mass is 35.5. The van der Waals surface area contributed by atoms with Crippen LogP contribution in [-0.4, -0.2) is 41.5 Å². The molecule has 1 heterocycles. The Balaban J connectivity index is 1.90. The smallest absolute Gasteiger partial charge is 0.262 e. The summed E-state index contributed by atoms with van der Waals surface area (Å²) in [6, 6.07) is 14.5. The lowest BCUT2D eigenvalue weighted by Crippen LogP contribution is -2.29. The summed E-state index contributed by atoms with van der Waals surface area (Å²) in [5.74, 6) is 0.0168. The topological polar surface area (TPSA) is 73.2 Å². The Morgan fingerprint density at radius 2 is 2.07 bits per heavy atom. The summed E-state index contributed by atoms with van der Waals surface area (Å²) in [5.41, 5.74) is 1.35. The van der Waals surface area contributed by atoms with Crippen LogP contribution in [0.1, 0.15) is 5.56 Å². The predicted octanol–water partition coefficient (Wildman–Crippen LogP) is 2.95. The molecule has 0 aliphatic heterocycles.